The first kappa shape index (κ1) is 20.4. The lowest BCUT2D eigenvalue weighted by atomic mass is 10.1. The average Bonchev–Trinajstić information content (AvgIpc) is 3.00. The van der Waals surface area contributed by atoms with Gasteiger partial charge in [-0.2, -0.15) is 0 Å². The van der Waals surface area contributed by atoms with E-state index < -0.39 is 5.97 Å². The largest absolute Gasteiger partial charge is 0.490 e. The van der Waals surface area contributed by atoms with Crippen LogP contribution in [-0.4, -0.2) is 42.1 Å². The fraction of sp³-hybridized carbons (Fsp3) is 0.400. The second kappa shape index (κ2) is 9.12. The van der Waals surface area contributed by atoms with Gasteiger partial charge in [-0.25, -0.2) is 4.79 Å². The van der Waals surface area contributed by atoms with Crippen molar-refractivity contribution >= 4 is 11.9 Å². The van der Waals surface area contributed by atoms with Gasteiger partial charge < -0.3 is 23.9 Å². The van der Waals surface area contributed by atoms with E-state index in [1.165, 1.54) is 11.0 Å². The summed E-state index contributed by atoms with van der Waals surface area (Å²) >= 11 is 0. The third-order valence-corrected chi connectivity index (χ3v) is 3.89. The maximum atomic E-state index is 12.7. The molecule has 0 spiro atoms. The van der Waals surface area contributed by atoms with Gasteiger partial charge in [0.1, 0.15) is 17.1 Å². The van der Waals surface area contributed by atoms with Crippen LogP contribution >= 0.6 is 0 Å². The number of nitrogens with zero attached hydrogens (tertiary/aromatic N) is 1. The second-order valence-electron chi connectivity index (χ2n) is 6.09. The Bertz CT molecular complexity index is 811. The van der Waals surface area contributed by atoms with Gasteiger partial charge in [-0.15, -0.1) is 0 Å². The Morgan fingerprint density at radius 1 is 1.15 bits per heavy atom. The number of hydrogen-bond donors (Lipinski definition) is 1. The highest BCUT2D eigenvalue weighted by molar-refractivity contribution is 5.94. The van der Waals surface area contributed by atoms with Crippen LogP contribution in [0.15, 0.2) is 28.7 Å². The summed E-state index contributed by atoms with van der Waals surface area (Å²) in [5.41, 5.74) is 0.549. The molecule has 1 amide bonds. The van der Waals surface area contributed by atoms with Crippen molar-refractivity contribution in [3.05, 3.63) is 46.9 Å². The van der Waals surface area contributed by atoms with Crippen LogP contribution < -0.4 is 9.47 Å². The molecule has 0 aliphatic heterocycles. The van der Waals surface area contributed by atoms with E-state index in [1.807, 2.05) is 13.8 Å². The lowest BCUT2D eigenvalue weighted by Gasteiger charge is -2.17. The zero-order valence-corrected chi connectivity index (χ0v) is 16.1. The summed E-state index contributed by atoms with van der Waals surface area (Å²) in [7, 11) is 1.63. The summed E-state index contributed by atoms with van der Waals surface area (Å²) in [6.45, 7) is 6.64. The van der Waals surface area contributed by atoms with Crippen molar-refractivity contribution in [2.75, 3.05) is 20.3 Å². The number of amides is 1. The summed E-state index contributed by atoms with van der Waals surface area (Å²) < 4.78 is 16.7. The summed E-state index contributed by atoms with van der Waals surface area (Å²) in [6, 6.07) is 6.50. The normalized spacial score (nSPS) is 10.5. The Morgan fingerprint density at radius 3 is 2.48 bits per heavy atom. The number of aryl methyl sites for hydroxylation is 1. The SMILES string of the molecule is CCCOc1ccc(C(=O)N(C)Cc2cc(C(=O)O)c(C)o2)cc1OCC. The van der Waals surface area contributed by atoms with E-state index in [2.05, 4.69) is 0 Å². The molecule has 0 unspecified atom stereocenters. The first-order chi connectivity index (χ1) is 12.9. The minimum absolute atomic E-state index is 0.0990. The van der Waals surface area contributed by atoms with E-state index in [9.17, 15) is 9.59 Å². The second-order valence-corrected chi connectivity index (χ2v) is 6.09. The molecule has 0 radical (unpaired) electrons. The average molecular weight is 375 g/mol. The quantitative estimate of drug-likeness (QED) is 0.718. The molecular weight excluding hydrogens is 350 g/mol. The molecule has 1 aromatic heterocycles. The first-order valence-corrected chi connectivity index (χ1v) is 8.85. The third kappa shape index (κ3) is 5.03. The molecule has 1 aromatic carbocycles. The van der Waals surface area contributed by atoms with Crippen LogP contribution in [0.4, 0.5) is 0 Å². The van der Waals surface area contributed by atoms with Crippen molar-refractivity contribution in [3.63, 3.8) is 0 Å². The highest BCUT2D eigenvalue weighted by atomic mass is 16.5. The van der Waals surface area contributed by atoms with Gasteiger partial charge in [0.05, 0.1) is 19.8 Å². The molecule has 7 nitrogen and oxygen atoms in total. The highest BCUT2D eigenvalue weighted by Crippen LogP contribution is 2.29. The molecule has 0 saturated carbocycles. The number of carbonyl (C=O) groups excluding carboxylic acids is 1. The fourth-order valence-corrected chi connectivity index (χ4v) is 2.60. The molecular formula is C20H25NO6. The van der Waals surface area contributed by atoms with Gasteiger partial charge >= 0.3 is 5.97 Å². The molecule has 27 heavy (non-hydrogen) atoms. The van der Waals surface area contributed by atoms with Crippen LogP contribution in [-0.2, 0) is 6.54 Å². The van der Waals surface area contributed by atoms with Gasteiger partial charge in [0.25, 0.3) is 5.91 Å². The molecule has 0 bridgehead atoms. The monoisotopic (exact) mass is 375 g/mol. The molecule has 2 rings (SSSR count). The zero-order valence-electron chi connectivity index (χ0n) is 16.1. The molecule has 0 atom stereocenters. The Balaban J connectivity index is 2.16. The predicted molar refractivity (Wildman–Crippen MR) is 99.6 cm³/mol. The fourth-order valence-electron chi connectivity index (χ4n) is 2.60. The van der Waals surface area contributed by atoms with E-state index in [-0.39, 0.29) is 18.0 Å². The molecule has 146 valence electrons. The van der Waals surface area contributed by atoms with Gasteiger partial charge in [0.15, 0.2) is 11.5 Å². The standard InChI is InChI=1S/C20H25NO6/c1-5-9-26-17-8-7-14(10-18(17)25-6-2)19(22)21(4)12-15-11-16(20(23)24)13(3)27-15/h7-8,10-11H,5-6,9,12H2,1-4H3,(H,23,24). The number of rotatable bonds is 9. The number of carbonyl (C=O) groups is 2. The van der Waals surface area contributed by atoms with Crippen LogP contribution in [0.1, 0.15) is 52.5 Å². The molecule has 0 fully saturated rings. The maximum Gasteiger partial charge on any atom is 0.339 e. The molecule has 0 aliphatic rings. The van der Waals surface area contributed by atoms with Crippen LogP contribution in [0, 0.1) is 6.92 Å². The first-order valence-electron chi connectivity index (χ1n) is 8.85. The molecule has 1 heterocycles. The van der Waals surface area contributed by atoms with Crippen molar-refractivity contribution in [1.82, 2.24) is 4.90 Å². The Kier molecular flexibility index (Phi) is 6.87. The summed E-state index contributed by atoms with van der Waals surface area (Å²) in [5.74, 6) is 0.561. The molecule has 0 saturated heterocycles. The lowest BCUT2D eigenvalue weighted by molar-refractivity contribution is 0.0694. The van der Waals surface area contributed by atoms with E-state index >= 15 is 0 Å². The van der Waals surface area contributed by atoms with E-state index in [0.29, 0.717) is 41.8 Å². The minimum Gasteiger partial charge on any atom is -0.490 e. The maximum absolute atomic E-state index is 12.7. The molecule has 7 heteroatoms. The van der Waals surface area contributed by atoms with Crippen LogP contribution in [0.25, 0.3) is 0 Å². The smallest absolute Gasteiger partial charge is 0.339 e. The molecule has 0 aliphatic carbocycles. The third-order valence-electron chi connectivity index (χ3n) is 3.89. The topological polar surface area (TPSA) is 89.2 Å². The van der Waals surface area contributed by atoms with Crippen molar-refractivity contribution in [3.8, 4) is 11.5 Å². The highest BCUT2D eigenvalue weighted by Gasteiger charge is 2.19. The molecule has 1 N–H and O–H groups in total. The van der Waals surface area contributed by atoms with E-state index in [4.69, 9.17) is 19.0 Å². The minimum atomic E-state index is -1.06. The number of carboxylic acids is 1. The summed E-state index contributed by atoms with van der Waals surface area (Å²) in [5, 5.41) is 9.10. The molecule has 2 aromatic rings. The number of ether oxygens (including phenoxy) is 2. The van der Waals surface area contributed by atoms with Crippen LogP contribution in [0.3, 0.4) is 0 Å². The predicted octanol–water partition coefficient (Wildman–Crippen LogP) is 3.75. The Morgan fingerprint density at radius 2 is 1.89 bits per heavy atom. The van der Waals surface area contributed by atoms with Gasteiger partial charge in [0.2, 0.25) is 0 Å². The van der Waals surface area contributed by atoms with Crippen LogP contribution in [0.5, 0.6) is 11.5 Å². The van der Waals surface area contributed by atoms with Gasteiger partial charge in [-0.3, -0.25) is 4.79 Å². The number of furan rings is 1. The number of carboxylic acid groups (broad SMARTS) is 1. The van der Waals surface area contributed by atoms with Crippen LogP contribution in [0.2, 0.25) is 0 Å². The van der Waals surface area contributed by atoms with Crippen molar-refractivity contribution in [2.45, 2.75) is 33.7 Å². The van der Waals surface area contributed by atoms with Crippen molar-refractivity contribution in [2.24, 2.45) is 0 Å². The van der Waals surface area contributed by atoms with E-state index in [0.717, 1.165) is 6.42 Å². The zero-order chi connectivity index (χ0) is 20.0. The number of benzene rings is 1. The van der Waals surface area contributed by atoms with Gasteiger partial charge in [-0.05, 0) is 44.5 Å². The van der Waals surface area contributed by atoms with Crippen molar-refractivity contribution < 1.29 is 28.6 Å². The number of aromatic carboxylic acids is 1. The summed E-state index contributed by atoms with van der Waals surface area (Å²) in [6.07, 6.45) is 0.871. The lowest BCUT2D eigenvalue weighted by Crippen LogP contribution is -2.26. The van der Waals surface area contributed by atoms with Gasteiger partial charge in [0, 0.05) is 12.6 Å². The Labute approximate surface area is 158 Å². The summed E-state index contributed by atoms with van der Waals surface area (Å²) in [4.78, 5) is 25.3. The Hall–Kier alpha value is -2.96. The van der Waals surface area contributed by atoms with E-state index in [1.54, 1.807) is 32.2 Å². The number of hydrogen-bond acceptors (Lipinski definition) is 5. The van der Waals surface area contributed by atoms with Gasteiger partial charge in [-0.1, -0.05) is 6.92 Å². The van der Waals surface area contributed by atoms with Crippen molar-refractivity contribution in [1.29, 1.82) is 0 Å².